The number of nitrogens with one attached hydrogen (secondary N) is 1. The second kappa shape index (κ2) is 5.60. The number of hydrogen-bond acceptors (Lipinski definition) is 5. The second-order valence-electron chi connectivity index (χ2n) is 4.64. The molecule has 0 bridgehead atoms. The molecular weight excluding hydrogens is 274 g/mol. The maximum atomic E-state index is 11.9. The Morgan fingerprint density at radius 3 is 2.80 bits per heavy atom. The number of anilines is 2. The van der Waals surface area contributed by atoms with Crippen molar-refractivity contribution < 1.29 is 9.53 Å². The minimum absolute atomic E-state index is 0.0758. The fourth-order valence-electron chi connectivity index (χ4n) is 2.15. The predicted molar refractivity (Wildman–Crippen MR) is 79.6 cm³/mol. The van der Waals surface area contributed by atoms with Gasteiger partial charge in [-0.1, -0.05) is 12.1 Å². The first-order valence-electron chi connectivity index (χ1n) is 6.46. The van der Waals surface area contributed by atoms with Gasteiger partial charge in [0.15, 0.2) is 5.13 Å². The van der Waals surface area contributed by atoms with Crippen LogP contribution in [0.2, 0.25) is 0 Å². The summed E-state index contributed by atoms with van der Waals surface area (Å²) >= 11 is 1.41. The van der Waals surface area contributed by atoms with Gasteiger partial charge in [-0.3, -0.25) is 4.79 Å². The smallest absolute Gasteiger partial charge is 0.253 e. The van der Waals surface area contributed by atoms with Crippen LogP contribution < -0.4 is 11.1 Å². The van der Waals surface area contributed by atoms with Crippen LogP contribution in [0.5, 0.6) is 0 Å². The minimum atomic E-state index is -0.312. The highest BCUT2D eigenvalue weighted by Crippen LogP contribution is 2.24. The fraction of sp³-hybridized carbons (Fsp3) is 0.286. The molecule has 3 rings (SSSR count). The molecule has 5 nitrogen and oxygen atoms in total. The maximum Gasteiger partial charge on any atom is 0.253 e. The molecule has 1 saturated heterocycles. The minimum Gasteiger partial charge on any atom is -0.375 e. The van der Waals surface area contributed by atoms with Gasteiger partial charge in [0, 0.05) is 23.2 Å². The number of nitrogens with zero attached hydrogens (tertiary/aromatic N) is 1. The van der Waals surface area contributed by atoms with Crippen LogP contribution in [-0.2, 0) is 9.53 Å². The standard InChI is InChI=1S/C14H15N3O2S/c15-14-17-11(8-20-14)9-3-5-10(6-4-9)16-13(18)12-2-1-7-19-12/h3-6,8,12H,1-2,7H2,(H2,15,17)(H,16,18). The zero-order valence-electron chi connectivity index (χ0n) is 10.8. The molecule has 2 heterocycles. The summed E-state index contributed by atoms with van der Waals surface area (Å²) in [4.78, 5) is 16.1. The lowest BCUT2D eigenvalue weighted by Gasteiger charge is -2.10. The number of ether oxygens (including phenoxy) is 1. The van der Waals surface area contributed by atoms with Crippen molar-refractivity contribution in [2.45, 2.75) is 18.9 Å². The molecule has 1 aliphatic heterocycles. The summed E-state index contributed by atoms with van der Waals surface area (Å²) in [5.74, 6) is -0.0758. The Hall–Kier alpha value is -1.92. The van der Waals surface area contributed by atoms with E-state index >= 15 is 0 Å². The Bertz CT molecular complexity index is 603. The van der Waals surface area contributed by atoms with Crippen molar-refractivity contribution in [3.63, 3.8) is 0 Å². The van der Waals surface area contributed by atoms with E-state index in [1.54, 1.807) is 0 Å². The van der Waals surface area contributed by atoms with Gasteiger partial charge in [-0.15, -0.1) is 11.3 Å². The quantitative estimate of drug-likeness (QED) is 0.910. The predicted octanol–water partition coefficient (Wildman–Crippen LogP) is 2.51. The first-order valence-corrected chi connectivity index (χ1v) is 7.34. The van der Waals surface area contributed by atoms with E-state index in [9.17, 15) is 4.79 Å². The molecule has 1 fully saturated rings. The molecule has 2 aromatic rings. The zero-order valence-corrected chi connectivity index (χ0v) is 11.7. The molecule has 1 aromatic heterocycles. The number of nitrogen functional groups attached to an aromatic ring is 1. The number of hydrogen-bond donors (Lipinski definition) is 2. The van der Waals surface area contributed by atoms with E-state index < -0.39 is 0 Å². The lowest BCUT2D eigenvalue weighted by atomic mass is 10.1. The number of nitrogens with two attached hydrogens (primary N) is 1. The van der Waals surface area contributed by atoms with Crippen molar-refractivity contribution in [3.8, 4) is 11.3 Å². The highest BCUT2D eigenvalue weighted by Gasteiger charge is 2.23. The zero-order chi connectivity index (χ0) is 13.9. The molecule has 0 saturated carbocycles. The van der Waals surface area contributed by atoms with Crippen LogP contribution in [0.4, 0.5) is 10.8 Å². The highest BCUT2D eigenvalue weighted by molar-refractivity contribution is 7.13. The van der Waals surface area contributed by atoms with E-state index in [1.807, 2.05) is 29.6 Å². The number of carbonyl (C=O) groups is 1. The van der Waals surface area contributed by atoms with Crippen molar-refractivity contribution in [1.82, 2.24) is 4.98 Å². The number of rotatable bonds is 3. The first-order chi connectivity index (χ1) is 9.72. The second-order valence-corrected chi connectivity index (χ2v) is 5.53. The fourth-order valence-corrected chi connectivity index (χ4v) is 2.72. The van der Waals surface area contributed by atoms with E-state index in [-0.39, 0.29) is 12.0 Å². The highest BCUT2D eigenvalue weighted by atomic mass is 32.1. The third kappa shape index (κ3) is 2.81. The summed E-state index contributed by atoms with van der Waals surface area (Å²) in [6.45, 7) is 0.669. The average Bonchev–Trinajstić information content (AvgIpc) is 3.10. The molecule has 1 unspecified atom stereocenters. The number of benzene rings is 1. The van der Waals surface area contributed by atoms with Crippen LogP contribution in [0.1, 0.15) is 12.8 Å². The summed E-state index contributed by atoms with van der Waals surface area (Å²) in [5, 5.41) is 5.32. The van der Waals surface area contributed by atoms with Crippen molar-refractivity contribution in [3.05, 3.63) is 29.6 Å². The third-order valence-electron chi connectivity index (χ3n) is 3.19. The topological polar surface area (TPSA) is 77.2 Å². The van der Waals surface area contributed by atoms with Gasteiger partial charge in [0.25, 0.3) is 5.91 Å². The number of aromatic nitrogens is 1. The molecule has 0 radical (unpaired) electrons. The summed E-state index contributed by atoms with van der Waals surface area (Å²) < 4.78 is 5.35. The van der Waals surface area contributed by atoms with E-state index in [1.165, 1.54) is 11.3 Å². The average molecular weight is 289 g/mol. The van der Waals surface area contributed by atoms with Crippen LogP contribution >= 0.6 is 11.3 Å². The number of thiazole rings is 1. The van der Waals surface area contributed by atoms with Gasteiger partial charge in [0.05, 0.1) is 5.69 Å². The first kappa shape index (κ1) is 13.1. The normalized spacial score (nSPS) is 18.1. The lowest BCUT2D eigenvalue weighted by Crippen LogP contribution is -2.26. The van der Waals surface area contributed by atoms with Gasteiger partial charge in [-0.05, 0) is 25.0 Å². The third-order valence-corrected chi connectivity index (χ3v) is 3.87. The Kier molecular flexibility index (Phi) is 3.66. The number of carbonyl (C=O) groups excluding carboxylic acids is 1. The van der Waals surface area contributed by atoms with Crippen LogP contribution in [0.25, 0.3) is 11.3 Å². The number of amides is 1. The van der Waals surface area contributed by atoms with Gasteiger partial charge in [0.1, 0.15) is 6.10 Å². The van der Waals surface area contributed by atoms with Crippen LogP contribution in [-0.4, -0.2) is 23.6 Å². The van der Waals surface area contributed by atoms with E-state index in [0.29, 0.717) is 11.7 Å². The van der Waals surface area contributed by atoms with Crippen LogP contribution in [0.15, 0.2) is 29.6 Å². The Morgan fingerprint density at radius 1 is 1.40 bits per heavy atom. The summed E-state index contributed by atoms with van der Waals surface area (Å²) in [7, 11) is 0. The molecule has 1 amide bonds. The van der Waals surface area contributed by atoms with Gasteiger partial charge in [-0.25, -0.2) is 4.98 Å². The van der Waals surface area contributed by atoms with Crippen molar-refractivity contribution in [2.75, 3.05) is 17.7 Å². The molecule has 1 aromatic carbocycles. The SMILES string of the molecule is Nc1nc(-c2ccc(NC(=O)C3CCCO3)cc2)cs1. The van der Waals surface area contributed by atoms with E-state index in [0.717, 1.165) is 29.8 Å². The summed E-state index contributed by atoms with van der Waals surface area (Å²) in [5.41, 5.74) is 8.21. The molecule has 3 N–H and O–H groups in total. The van der Waals surface area contributed by atoms with Gasteiger partial charge in [-0.2, -0.15) is 0 Å². The largest absolute Gasteiger partial charge is 0.375 e. The van der Waals surface area contributed by atoms with Gasteiger partial charge >= 0.3 is 0 Å². The van der Waals surface area contributed by atoms with Gasteiger partial charge < -0.3 is 15.8 Å². The molecule has 1 atom stereocenters. The van der Waals surface area contributed by atoms with Crippen molar-refractivity contribution in [1.29, 1.82) is 0 Å². The molecule has 1 aliphatic rings. The van der Waals surface area contributed by atoms with E-state index in [2.05, 4.69) is 10.3 Å². The molecule has 20 heavy (non-hydrogen) atoms. The Balaban J connectivity index is 1.68. The lowest BCUT2D eigenvalue weighted by molar-refractivity contribution is -0.124. The van der Waals surface area contributed by atoms with E-state index in [4.69, 9.17) is 10.5 Å². The van der Waals surface area contributed by atoms with Crippen molar-refractivity contribution >= 4 is 28.1 Å². The maximum absolute atomic E-state index is 11.9. The van der Waals surface area contributed by atoms with Crippen LogP contribution in [0.3, 0.4) is 0 Å². The molecular formula is C14H15N3O2S. The monoisotopic (exact) mass is 289 g/mol. The Labute approximate surface area is 120 Å². The molecule has 6 heteroatoms. The summed E-state index contributed by atoms with van der Waals surface area (Å²) in [6.07, 6.45) is 1.43. The summed E-state index contributed by atoms with van der Waals surface area (Å²) in [6, 6.07) is 7.55. The molecule has 104 valence electrons. The van der Waals surface area contributed by atoms with Crippen LogP contribution in [0, 0.1) is 0 Å². The molecule has 0 spiro atoms. The van der Waals surface area contributed by atoms with Crippen molar-refractivity contribution in [2.24, 2.45) is 0 Å². The molecule has 0 aliphatic carbocycles. The van der Waals surface area contributed by atoms with Gasteiger partial charge in [0.2, 0.25) is 0 Å². The Morgan fingerprint density at radius 2 is 2.20 bits per heavy atom.